The summed E-state index contributed by atoms with van der Waals surface area (Å²) in [6.45, 7) is 15.7. The SMILES string of the molecule is C1=Cc2cccc3cccc(c23)C1.CCO[SiH](OCC)OCC.CCO[SiH](OCC)OCC. The molecule has 0 atom stereocenters. The molecule has 0 amide bonds. The second-order valence-corrected chi connectivity index (χ2v) is 9.93. The minimum atomic E-state index is -1.73. The fourth-order valence-corrected chi connectivity index (χ4v) is 5.39. The Hall–Kier alpha value is -1.37. The highest BCUT2D eigenvalue weighted by Gasteiger charge is 2.12. The summed E-state index contributed by atoms with van der Waals surface area (Å²) in [5.74, 6) is 0. The lowest BCUT2D eigenvalue weighted by atomic mass is 9.93. The van der Waals surface area contributed by atoms with Gasteiger partial charge in [-0.3, -0.25) is 0 Å². The molecule has 0 fully saturated rings. The van der Waals surface area contributed by atoms with Crippen molar-refractivity contribution in [2.45, 2.75) is 48.0 Å². The van der Waals surface area contributed by atoms with Gasteiger partial charge in [-0.25, -0.2) is 0 Å². The number of benzene rings is 2. The highest BCUT2D eigenvalue weighted by atomic mass is 28.3. The van der Waals surface area contributed by atoms with Gasteiger partial charge in [-0.2, -0.15) is 0 Å². The van der Waals surface area contributed by atoms with Gasteiger partial charge >= 0.3 is 19.1 Å². The minimum Gasteiger partial charge on any atom is -0.376 e. The predicted octanol–water partition coefficient (Wildman–Crippen LogP) is 5.04. The van der Waals surface area contributed by atoms with E-state index < -0.39 is 19.1 Å². The highest BCUT2D eigenvalue weighted by molar-refractivity contribution is 6.36. The molecule has 3 rings (SSSR count). The molecule has 1 aliphatic carbocycles. The first-order valence-corrected chi connectivity index (χ1v) is 14.8. The van der Waals surface area contributed by atoms with Crippen LogP contribution in [0.5, 0.6) is 0 Å². The van der Waals surface area contributed by atoms with Gasteiger partial charge in [-0.15, -0.1) is 0 Å². The van der Waals surface area contributed by atoms with Gasteiger partial charge in [0.1, 0.15) is 0 Å². The standard InChI is InChI=1S/C13H10.2C6H16O3Si/c1-4-10-6-2-8-12-9-3-7-11(5-1)13(10)12;2*1-4-7-10(8-5-2)9-6-3/h1-8H,9H2;2*10H,4-6H2,1-3H3. The molecule has 0 N–H and O–H groups in total. The summed E-state index contributed by atoms with van der Waals surface area (Å²) in [6.07, 6.45) is 5.53. The van der Waals surface area contributed by atoms with Gasteiger partial charge in [0.15, 0.2) is 0 Å². The van der Waals surface area contributed by atoms with Crippen molar-refractivity contribution in [1.29, 1.82) is 0 Å². The van der Waals surface area contributed by atoms with Gasteiger partial charge < -0.3 is 26.6 Å². The number of hydrogen-bond donors (Lipinski definition) is 0. The smallest absolute Gasteiger partial charge is 0.376 e. The van der Waals surface area contributed by atoms with Crippen LogP contribution in [0.2, 0.25) is 0 Å². The zero-order chi connectivity index (χ0) is 24.3. The molecule has 0 aromatic heterocycles. The fraction of sp³-hybridized carbons (Fsp3) is 0.520. The first kappa shape index (κ1) is 29.7. The lowest BCUT2D eigenvalue weighted by Crippen LogP contribution is -2.27. The summed E-state index contributed by atoms with van der Waals surface area (Å²) in [5.41, 5.74) is 2.81. The summed E-state index contributed by atoms with van der Waals surface area (Å²) in [7, 11) is -3.47. The molecule has 0 heterocycles. The quantitative estimate of drug-likeness (QED) is 0.386. The van der Waals surface area contributed by atoms with E-state index in [0.717, 1.165) is 6.42 Å². The molecule has 2 aromatic carbocycles. The van der Waals surface area contributed by atoms with Gasteiger partial charge in [-0.1, -0.05) is 48.6 Å². The summed E-state index contributed by atoms with van der Waals surface area (Å²) < 4.78 is 31.3. The van der Waals surface area contributed by atoms with Crippen LogP contribution in [0.1, 0.15) is 52.7 Å². The summed E-state index contributed by atoms with van der Waals surface area (Å²) in [4.78, 5) is 0. The topological polar surface area (TPSA) is 55.4 Å². The number of rotatable bonds is 12. The molecule has 2 aromatic rings. The van der Waals surface area contributed by atoms with E-state index >= 15 is 0 Å². The van der Waals surface area contributed by atoms with E-state index in [-0.39, 0.29) is 0 Å². The molecule has 186 valence electrons. The molecule has 33 heavy (non-hydrogen) atoms. The summed E-state index contributed by atoms with van der Waals surface area (Å²) in [5, 5.41) is 2.80. The van der Waals surface area contributed by atoms with E-state index in [2.05, 4.69) is 48.6 Å². The van der Waals surface area contributed by atoms with Gasteiger partial charge in [0.2, 0.25) is 0 Å². The Morgan fingerprint density at radius 1 is 0.606 bits per heavy atom. The number of hydrogen-bond acceptors (Lipinski definition) is 6. The molecule has 1 aliphatic rings. The second kappa shape index (κ2) is 19.0. The third-order valence-electron chi connectivity index (χ3n) is 4.47. The van der Waals surface area contributed by atoms with Crippen LogP contribution in [0.3, 0.4) is 0 Å². The normalized spacial score (nSPS) is 11.9. The second-order valence-electron chi connectivity index (χ2n) is 6.78. The van der Waals surface area contributed by atoms with Crippen LogP contribution in [-0.2, 0) is 33.0 Å². The Bertz CT molecular complexity index is 735. The highest BCUT2D eigenvalue weighted by Crippen LogP contribution is 2.27. The zero-order valence-corrected chi connectivity index (χ0v) is 23.5. The zero-order valence-electron chi connectivity index (χ0n) is 21.2. The largest absolute Gasteiger partial charge is 0.484 e. The van der Waals surface area contributed by atoms with Gasteiger partial charge in [-0.05, 0) is 69.9 Å². The van der Waals surface area contributed by atoms with Crippen LogP contribution in [0.15, 0.2) is 42.5 Å². The molecule has 6 nitrogen and oxygen atoms in total. The van der Waals surface area contributed by atoms with E-state index in [0.29, 0.717) is 39.6 Å². The van der Waals surface area contributed by atoms with Crippen LogP contribution in [0.4, 0.5) is 0 Å². The molecular formula is C25H42O6Si2. The number of allylic oxidation sites excluding steroid dienone is 1. The molecule has 0 unspecified atom stereocenters. The fourth-order valence-electron chi connectivity index (χ4n) is 3.18. The summed E-state index contributed by atoms with van der Waals surface area (Å²) >= 11 is 0. The van der Waals surface area contributed by atoms with Crippen molar-refractivity contribution in [3.63, 3.8) is 0 Å². The van der Waals surface area contributed by atoms with Crippen LogP contribution in [0.25, 0.3) is 16.8 Å². The maximum absolute atomic E-state index is 5.22. The van der Waals surface area contributed by atoms with Crippen molar-refractivity contribution < 1.29 is 26.6 Å². The van der Waals surface area contributed by atoms with Crippen LogP contribution in [0, 0.1) is 0 Å². The average Bonchev–Trinajstić information content (AvgIpc) is 2.82. The van der Waals surface area contributed by atoms with Crippen LogP contribution in [-0.4, -0.2) is 58.7 Å². The maximum atomic E-state index is 5.22. The van der Waals surface area contributed by atoms with Gasteiger partial charge in [0.05, 0.1) is 0 Å². The molecule has 0 spiro atoms. The lowest BCUT2D eigenvalue weighted by molar-refractivity contribution is 0.106. The Morgan fingerprint density at radius 2 is 1.03 bits per heavy atom. The van der Waals surface area contributed by atoms with E-state index in [4.69, 9.17) is 26.6 Å². The van der Waals surface area contributed by atoms with E-state index in [9.17, 15) is 0 Å². The van der Waals surface area contributed by atoms with Crippen molar-refractivity contribution in [2.75, 3.05) is 39.6 Å². The third kappa shape index (κ3) is 11.5. The predicted molar refractivity (Wildman–Crippen MR) is 141 cm³/mol. The van der Waals surface area contributed by atoms with Crippen molar-refractivity contribution >= 4 is 35.9 Å². The molecule has 0 bridgehead atoms. The maximum Gasteiger partial charge on any atom is 0.484 e. The van der Waals surface area contributed by atoms with Crippen molar-refractivity contribution in [3.8, 4) is 0 Å². The first-order valence-electron chi connectivity index (χ1n) is 12.0. The Labute approximate surface area is 203 Å². The van der Waals surface area contributed by atoms with E-state index in [1.54, 1.807) is 0 Å². The Kier molecular flexibility index (Phi) is 17.1. The molecule has 0 saturated heterocycles. The van der Waals surface area contributed by atoms with Gasteiger partial charge in [0.25, 0.3) is 0 Å². The van der Waals surface area contributed by atoms with Crippen LogP contribution < -0.4 is 0 Å². The molecule has 0 saturated carbocycles. The summed E-state index contributed by atoms with van der Waals surface area (Å²) in [6, 6.07) is 13.0. The molecule has 8 heteroatoms. The first-order chi connectivity index (χ1) is 16.1. The Morgan fingerprint density at radius 3 is 1.45 bits per heavy atom. The van der Waals surface area contributed by atoms with E-state index in [1.807, 2.05) is 41.5 Å². The lowest BCUT2D eigenvalue weighted by Gasteiger charge is -2.12. The molecular weight excluding hydrogens is 452 g/mol. The minimum absolute atomic E-state index is 0.677. The van der Waals surface area contributed by atoms with Crippen molar-refractivity contribution in [1.82, 2.24) is 0 Å². The van der Waals surface area contributed by atoms with Crippen LogP contribution >= 0.6 is 0 Å². The third-order valence-corrected chi connectivity index (χ3v) is 8.11. The monoisotopic (exact) mass is 494 g/mol. The van der Waals surface area contributed by atoms with Crippen molar-refractivity contribution in [2.24, 2.45) is 0 Å². The van der Waals surface area contributed by atoms with Crippen molar-refractivity contribution in [3.05, 3.63) is 53.6 Å². The average molecular weight is 495 g/mol. The van der Waals surface area contributed by atoms with E-state index in [1.165, 1.54) is 21.9 Å². The molecule has 0 aliphatic heterocycles. The molecule has 0 radical (unpaired) electrons. The Balaban J connectivity index is 0.000000253. The van der Waals surface area contributed by atoms with Gasteiger partial charge in [0, 0.05) is 39.6 Å².